The molecule has 0 saturated heterocycles. The molecular weight excluding hydrogens is 250 g/mol. The SMILES string of the molecule is C=CCCC(=O)Nc1cc(C(=O)O)cc(C(=O)O)c1. The lowest BCUT2D eigenvalue weighted by molar-refractivity contribution is -0.116. The monoisotopic (exact) mass is 263 g/mol. The Labute approximate surface area is 109 Å². The fraction of sp³-hybridized carbons (Fsp3) is 0.154. The normalized spacial score (nSPS) is 9.68. The molecule has 6 nitrogen and oxygen atoms in total. The lowest BCUT2D eigenvalue weighted by Gasteiger charge is -2.07. The molecule has 0 fully saturated rings. The average molecular weight is 263 g/mol. The first-order valence-electron chi connectivity index (χ1n) is 5.46. The number of carboxylic acids is 2. The summed E-state index contributed by atoms with van der Waals surface area (Å²) >= 11 is 0. The smallest absolute Gasteiger partial charge is 0.335 e. The number of benzene rings is 1. The highest BCUT2D eigenvalue weighted by Gasteiger charge is 2.12. The second-order valence-corrected chi connectivity index (χ2v) is 3.78. The average Bonchev–Trinajstić information content (AvgIpc) is 2.35. The van der Waals surface area contributed by atoms with Crippen molar-refractivity contribution in [3.63, 3.8) is 0 Å². The Morgan fingerprint density at radius 1 is 1.11 bits per heavy atom. The number of nitrogens with one attached hydrogen (secondary N) is 1. The molecule has 0 saturated carbocycles. The quantitative estimate of drug-likeness (QED) is 0.681. The summed E-state index contributed by atoms with van der Waals surface area (Å²) in [5.74, 6) is -2.85. The third-order valence-corrected chi connectivity index (χ3v) is 2.29. The minimum absolute atomic E-state index is 0.145. The Morgan fingerprint density at radius 3 is 2.05 bits per heavy atom. The van der Waals surface area contributed by atoms with E-state index in [1.165, 1.54) is 12.1 Å². The number of hydrogen-bond acceptors (Lipinski definition) is 3. The van der Waals surface area contributed by atoms with Crippen molar-refractivity contribution in [2.45, 2.75) is 12.8 Å². The van der Waals surface area contributed by atoms with Crippen LogP contribution in [0.1, 0.15) is 33.6 Å². The molecule has 0 unspecified atom stereocenters. The van der Waals surface area contributed by atoms with Crippen molar-refractivity contribution in [1.29, 1.82) is 0 Å². The second-order valence-electron chi connectivity index (χ2n) is 3.78. The van der Waals surface area contributed by atoms with Crippen LogP contribution < -0.4 is 5.32 Å². The maximum absolute atomic E-state index is 11.5. The summed E-state index contributed by atoms with van der Waals surface area (Å²) in [6, 6.07) is 3.45. The van der Waals surface area contributed by atoms with Crippen molar-refractivity contribution < 1.29 is 24.6 Å². The van der Waals surface area contributed by atoms with Gasteiger partial charge in [-0.05, 0) is 24.6 Å². The van der Waals surface area contributed by atoms with Gasteiger partial charge in [0.25, 0.3) is 0 Å². The molecule has 19 heavy (non-hydrogen) atoms. The van der Waals surface area contributed by atoms with Gasteiger partial charge in [0.1, 0.15) is 0 Å². The number of aromatic carboxylic acids is 2. The molecule has 0 radical (unpaired) electrons. The molecule has 0 spiro atoms. The Hall–Kier alpha value is -2.63. The topological polar surface area (TPSA) is 104 Å². The molecule has 1 rings (SSSR count). The Kier molecular flexibility index (Phi) is 4.82. The zero-order chi connectivity index (χ0) is 14.4. The number of rotatable bonds is 6. The maximum Gasteiger partial charge on any atom is 0.335 e. The van der Waals surface area contributed by atoms with Gasteiger partial charge in [0.05, 0.1) is 11.1 Å². The maximum atomic E-state index is 11.5. The summed E-state index contributed by atoms with van der Waals surface area (Å²) in [5, 5.41) is 20.2. The number of carboxylic acid groups (broad SMARTS) is 2. The lowest BCUT2D eigenvalue weighted by Crippen LogP contribution is -2.12. The van der Waals surface area contributed by atoms with Gasteiger partial charge >= 0.3 is 11.9 Å². The Morgan fingerprint density at radius 2 is 1.63 bits per heavy atom. The molecule has 0 aliphatic rings. The van der Waals surface area contributed by atoms with Gasteiger partial charge in [-0.2, -0.15) is 0 Å². The molecule has 0 aliphatic heterocycles. The minimum Gasteiger partial charge on any atom is -0.478 e. The zero-order valence-corrected chi connectivity index (χ0v) is 10.0. The van der Waals surface area contributed by atoms with E-state index in [1.807, 2.05) is 0 Å². The molecule has 6 heteroatoms. The van der Waals surface area contributed by atoms with Crippen molar-refractivity contribution in [1.82, 2.24) is 0 Å². The molecule has 0 aliphatic carbocycles. The van der Waals surface area contributed by atoms with Crippen molar-refractivity contribution in [3.05, 3.63) is 42.0 Å². The summed E-state index contributed by atoms with van der Waals surface area (Å²) < 4.78 is 0. The van der Waals surface area contributed by atoms with Crippen LogP contribution in [0.5, 0.6) is 0 Å². The van der Waals surface area contributed by atoms with Crippen LogP contribution >= 0.6 is 0 Å². The van der Waals surface area contributed by atoms with E-state index in [9.17, 15) is 14.4 Å². The third-order valence-electron chi connectivity index (χ3n) is 2.29. The van der Waals surface area contributed by atoms with Gasteiger partial charge in [0.2, 0.25) is 5.91 Å². The zero-order valence-electron chi connectivity index (χ0n) is 10.0. The summed E-state index contributed by atoms with van der Waals surface area (Å²) in [7, 11) is 0. The molecule has 0 atom stereocenters. The molecule has 0 aromatic heterocycles. The first-order chi connectivity index (χ1) is 8.93. The van der Waals surface area contributed by atoms with Crippen molar-refractivity contribution >= 4 is 23.5 Å². The first-order valence-corrected chi connectivity index (χ1v) is 5.46. The summed E-state index contributed by atoms with van der Waals surface area (Å²) in [6.07, 6.45) is 2.26. The van der Waals surface area contributed by atoms with Gasteiger partial charge < -0.3 is 15.5 Å². The number of allylic oxidation sites excluding steroid dienone is 1. The largest absolute Gasteiger partial charge is 0.478 e. The predicted octanol–water partition coefficient (Wildman–Crippen LogP) is 1.99. The van der Waals surface area contributed by atoms with E-state index < -0.39 is 11.9 Å². The van der Waals surface area contributed by atoms with E-state index in [0.29, 0.717) is 6.42 Å². The minimum atomic E-state index is -1.26. The fourth-order valence-corrected chi connectivity index (χ4v) is 1.40. The Bertz CT molecular complexity index is 504. The highest BCUT2D eigenvalue weighted by molar-refractivity contribution is 5.98. The van der Waals surface area contributed by atoms with Crippen LogP contribution in [0.25, 0.3) is 0 Å². The van der Waals surface area contributed by atoms with Crippen LogP contribution in [-0.2, 0) is 4.79 Å². The van der Waals surface area contributed by atoms with Crippen LogP contribution in [0.15, 0.2) is 30.9 Å². The summed E-state index contributed by atoms with van der Waals surface area (Å²) in [5.41, 5.74) is -0.246. The molecule has 1 aromatic rings. The summed E-state index contributed by atoms with van der Waals surface area (Å²) in [6.45, 7) is 3.48. The standard InChI is InChI=1S/C13H13NO5/c1-2-3-4-11(15)14-10-6-8(12(16)17)5-9(7-10)13(18)19/h2,5-7H,1,3-4H2,(H,14,15)(H,16,17)(H,18,19). The molecule has 1 aromatic carbocycles. The van der Waals surface area contributed by atoms with Crippen molar-refractivity contribution in [2.24, 2.45) is 0 Å². The van der Waals surface area contributed by atoms with E-state index in [1.54, 1.807) is 6.08 Å². The van der Waals surface area contributed by atoms with E-state index in [4.69, 9.17) is 10.2 Å². The predicted molar refractivity (Wildman–Crippen MR) is 68.4 cm³/mol. The van der Waals surface area contributed by atoms with Gasteiger partial charge in [-0.3, -0.25) is 4.79 Å². The number of anilines is 1. The van der Waals surface area contributed by atoms with E-state index in [0.717, 1.165) is 6.07 Å². The molecule has 1 amide bonds. The highest BCUT2D eigenvalue weighted by atomic mass is 16.4. The van der Waals surface area contributed by atoms with Crippen LogP contribution in [0.2, 0.25) is 0 Å². The highest BCUT2D eigenvalue weighted by Crippen LogP contribution is 2.16. The number of hydrogen-bond donors (Lipinski definition) is 3. The molecule has 3 N–H and O–H groups in total. The van der Waals surface area contributed by atoms with Gasteiger partial charge in [-0.1, -0.05) is 6.08 Å². The Balaban J connectivity index is 2.99. The van der Waals surface area contributed by atoms with Gasteiger partial charge in [0.15, 0.2) is 0 Å². The van der Waals surface area contributed by atoms with E-state index >= 15 is 0 Å². The lowest BCUT2D eigenvalue weighted by atomic mass is 10.1. The first kappa shape index (κ1) is 14.4. The van der Waals surface area contributed by atoms with Gasteiger partial charge in [-0.15, -0.1) is 6.58 Å². The second kappa shape index (κ2) is 6.34. The van der Waals surface area contributed by atoms with Gasteiger partial charge in [0, 0.05) is 12.1 Å². The van der Waals surface area contributed by atoms with Crippen LogP contribution in [0, 0.1) is 0 Å². The molecular formula is C13H13NO5. The third kappa shape index (κ3) is 4.27. The van der Waals surface area contributed by atoms with Crippen LogP contribution in [0.3, 0.4) is 0 Å². The molecule has 100 valence electrons. The van der Waals surface area contributed by atoms with Crippen LogP contribution in [-0.4, -0.2) is 28.1 Å². The summed E-state index contributed by atoms with van der Waals surface area (Å²) in [4.78, 5) is 33.2. The van der Waals surface area contributed by atoms with Gasteiger partial charge in [-0.25, -0.2) is 9.59 Å². The molecule has 0 bridgehead atoms. The van der Waals surface area contributed by atoms with Crippen molar-refractivity contribution in [3.8, 4) is 0 Å². The molecule has 0 heterocycles. The number of carbonyl (C=O) groups is 3. The number of amides is 1. The van der Waals surface area contributed by atoms with Crippen molar-refractivity contribution in [2.75, 3.05) is 5.32 Å². The number of carbonyl (C=O) groups excluding carboxylic acids is 1. The van der Waals surface area contributed by atoms with Crippen LogP contribution in [0.4, 0.5) is 5.69 Å². The van der Waals surface area contributed by atoms with E-state index in [2.05, 4.69) is 11.9 Å². The van der Waals surface area contributed by atoms with E-state index in [-0.39, 0.29) is 29.1 Å². The fourth-order valence-electron chi connectivity index (χ4n) is 1.40.